The number of thiophene rings is 1. The number of nitrogens with one attached hydrogen (secondary N) is 1. The predicted octanol–water partition coefficient (Wildman–Crippen LogP) is 2.36. The lowest BCUT2D eigenvalue weighted by molar-refractivity contribution is -0.454. The molecule has 0 amide bonds. The first-order valence-corrected chi connectivity index (χ1v) is 9.69. The first-order valence-electron chi connectivity index (χ1n) is 7.64. The fraction of sp³-hybridized carbons (Fsp3) is 0.333. The van der Waals surface area contributed by atoms with E-state index in [-0.39, 0.29) is 11.9 Å². The van der Waals surface area contributed by atoms with Crippen LogP contribution in [0.1, 0.15) is 16.9 Å². The third kappa shape index (κ3) is 4.92. The van der Waals surface area contributed by atoms with Crippen molar-refractivity contribution in [1.29, 1.82) is 0 Å². The molecule has 0 aliphatic rings. The highest BCUT2D eigenvalue weighted by Crippen LogP contribution is 2.28. The molecule has 3 aromatic heterocycles. The van der Waals surface area contributed by atoms with Gasteiger partial charge in [0.05, 0.1) is 13.2 Å². The summed E-state index contributed by atoms with van der Waals surface area (Å²) in [5.74, 6) is 0.613. The van der Waals surface area contributed by atoms with Crippen LogP contribution in [0.5, 0.6) is 0 Å². The van der Waals surface area contributed by atoms with Crippen molar-refractivity contribution >= 4 is 50.2 Å². The van der Waals surface area contributed by atoms with Gasteiger partial charge in [-0.3, -0.25) is 0 Å². The van der Waals surface area contributed by atoms with Crippen molar-refractivity contribution in [2.75, 3.05) is 11.9 Å². The molecule has 0 saturated heterocycles. The molecule has 3 rings (SSSR count). The van der Waals surface area contributed by atoms with Crippen LogP contribution in [-0.2, 0) is 17.7 Å². The molecule has 4 N–H and O–H groups in total. The number of hydrogen-bond donors (Lipinski definition) is 4. The topological polar surface area (TPSA) is 112 Å². The maximum absolute atomic E-state index is 8.72. The van der Waals surface area contributed by atoms with Crippen LogP contribution in [0.4, 0.5) is 5.82 Å². The van der Waals surface area contributed by atoms with Crippen LogP contribution in [0.25, 0.3) is 5.52 Å². The number of hydrogen-bond acceptors (Lipinski definition) is 8. The van der Waals surface area contributed by atoms with Crippen LogP contribution >= 0.6 is 38.9 Å². The van der Waals surface area contributed by atoms with Crippen molar-refractivity contribution in [1.82, 2.24) is 14.6 Å². The van der Waals surface area contributed by atoms with Crippen LogP contribution in [0.3, 0.4) is 0 Å². The Bertz CT molecular complexity index is 882. The fourth-order valence-corrected chi connectivity index (χ4v) is 3.80. The van der Waals surface area contributed by atoms with Crippen LogP contribution in [0.15, 0.2) is 28.2 Å². The molecular weight excluding hydrogens is 448 g/mol. The molecule has 0 atom stereocenters. The molecule has 0 unspecified atom stereocenters. The lowest BCUT2D eigenvalue weighted by atomic mass is 10.2. The average molecular weight is 464 g/mol. The van der Waals surface area contributed by atoms with Crippen LogP contribution in [0.2, 0.25) is 5.28 Å². The quantitative estimate of drug-likeness (QED) is 0.300. The Morgan fingerprint density at radius 3 is 2.88 bits per heavy atom. The molecular formula is C15H16BrClN4O4S. The van der Waals surface area contributed by atoms with E-state index in [0.29, 0.717) is 25.2 Å². The summed E-state index contributed by atoms with van der Waals surface area (Å²) in [5.41, 5.74) is 1.68. The molecule has 0 aromatic carbocycles. The fourth-order valence-electron chi connectivity index (χ4n) is 2.41. The monoisotopic (exact) mass is 462 g/mol. The minimum Gasteiger partial charge on any atom is -0.363 e. The number of anilines is 1. The maximum Gasteiger partial charge on any atom is 0.404 e. The highest BCUT2D eigenvalue weighted by Gasteiger charge is 2.19. The molecule has 8 nitrogen and oxygen atoms in total. The van der Waals surface area contributed by atoms with E-state index in [1.165, 1.54) is 4.88 Å². The molecule has 3 aromatic rings. The lowest BCUT2D eigenvalue weighted by Gasteiger charge is -2.13. The number of aromatic nitrogens is 3. The number of nitrogens with zero attached hydrogens (tertiary/aromatic N) is 3. The average Bonchev–Trinajstić information content (AvgIpc) is 3.18. The standard InChI is InChI=1S/C15H16BrClN4O4S/c16-12-9(3-1-5-25-15(22,23)24)7-11-13(19-14(17)20-21(11)12)18-8-10-4-2-6-26-10/h2,4,6-7,22-24H,1,3,5,8H2,(H,18,19,20). The van der Waals surface area contributed by atoms with Gasteiger partial charge in [0.2, 0.25) is 5.28 Å². The number of aryl methyl sites for hydroxylation is 1. The highest BCUT2D eigenvalue weighted by atomic mass is 79.9. The van der Waals surface area contributed by atoms with Gasteiger partial charge >= 0.3 is 6.16 Å². The number of halogens is 2. The molecule has 11 heteroatoms. The molecule has 0 radical (unpaired) electrons. The predicted molar refractivity (Wildman–Crippen MR) is 101 cm³/mol. The van der Waals surface area contributed by atoms with Crippen LogP contribution in [0, 0.1) is 0 Å². The van der Waals surface area contributed by atoms with E-state index in [0.717, 1.165) is 15.7 Å². The minimum atomic E-state index is -3.11. The largest absolute Gasteiger partial charge is 0.404 e. The van der Waals surface area contributed by atoms with E-state index in [9.17, 15) is 0 Å². The molecule has 0 spiro atoms. The summed E-state index contributed by atoms with van der Waals surface area (Å²) in [6, 6.07) is 5.93. The molecule has 0 aliphatic carbocycles. The minimum absolute atomic E-state index is 0.0297. The lowest BCUT2D eigenvalue weighted by Crippen LogP contribution is -2.31. The highest BCUT2D eigenvalue weighted by molar-refractivity contribution is 9.10. The van der Waals surface area contributed by atoms with Gasteiger partial charge in [-0.2, -0.15) is 4.98 Å². The summed E-state index contributed by atoms with van der Waals surface area (Å²) in [5, 5.41) is 35.8. The van der Waals surface area contributed by atoms with Crippen molar-refractivity contribution in [3.8, 4) is 0 Å². The zero-order valence-corrected chi connectivity index (χ0v) is 16.6. The van der Waals surface area contributed by atoms with Gasteiger partial charge in [0, 0.05) is 4.88 Å². The van der Waals surface area contributed by atoms with Crippen LogP contribution in [-0.4, -0.2) is 42.7 Å². The summed E-state index contributed by atoms with van der Waals surface area (Å²) in [6.07, 6.45) is -2.10. The maximum atomic E-state index is 8.72. The Morgan fingerprint density at radius 2 is 2.19 bits per heavy atom. The van der Waals surface area contributed by atoms with Gasteiger partial charge in [-0.15, -0.1) is 16.4 Å². The number of ether oxygens (including phenoxy) is 1. The van der Waals surface area contributed by atoms with Gasteiger partial charge < -0.3 is 25.4 Å². The third-order valence-corrected chi connectivity index (χ3v) is 5.40. The van der Waals surface area contributed by atoms with E-state index >= 15 is 0 Å². The second-order valence-electron chi connectivity index (χ2n) is 5.45. The van der Waals surface area contributed by atoms with E-state index in [1.807, 2.05) is 23.6 Å². The molecule has 0 saturated carbocycles. The second kappa shape index (κ2) is 8.17. The zero-order valence-electron chi connectivity index (χ0n) is 13.4. The SMILES string of the molecule is OC(O)(O)OCCCc1cc2c(NCc3cccs3)nc(Cl)nn2c1Br. The van der Waals surface area contributed by atoms with Crippen molar-refractivity contribution in [2.24, 2.45) is 0 Å². The number of rotatable bonds is 8. The van der Waals surface area contributed by atoms with Gasteiger partial charge in [0.1, 0.15) is 10.1 Å². The van der Waals surface area contributed by atoms with Crippen LogP contribution < -0.4 is 5.32 Å². The third-order valence-electron chi connectivity index (χ3n) is 3.52. The Labute approximate surface area is 166 Å². The molecule has 0 aliphatic heterocycles. The van der Waals surface area contributed by atoms with Crippen molar-refractivity contribution in [3.05, 3.63) is 43.9 Å². The van der Waals surface area contributed by atoms with E-state index in [4.69, 9.17) is 26.9 Å². The summed E-state index contributed by atoms with van der Waals surface area (Å²) >= 11 is 11.2. The van der Waals surface area contributed by atoms with Crippen molar-refractivity contribution in [3.63, 3.8) is 0 Å². The first kappa shape index (κ1) is 19.5. The smallest absolute Gasteiger partial charge is 0.363 e. The van der Waals surface area contributed by atoms with Crippen molar-refractivity contribution < 1.29 is 20.1 Å². The Morgan fingerprint density at radius 1 is 1.38 bits per heavy atom. The molecule has 0 fully saturated rings. The zero-order chi connectivity index (χ0) is 18.7. The van der Waals surface area contributed by atoms with Crippen molar-refractivity contribution in [2.45, 2.75) is 25.5 Å². The normalized spacial score (nSPS) is 12.0. The van der Waals surface area contributed by atoms with E-state index < -0.39 is 6.16 Å². The number of aliphatic hydroxyl groups is 3. The molecule has 3 heterocycles. The second-order valence-corrected chi connectivity index (χ2v) is 7.57. The summed E-state index contributed by atoms with van der Waals surface area (Å²) in [7, 11) is 0. The Kier molecular flexibility index (Phi) is 6.13. The van der Waals surface area contributed by atoms with Gasteiger partial charge in [0.15, 0.2) is 5.82 Å². The number of fused-ring (bicyclic) bond motifs is 1. The molecule has 140 valence electrons. The van der Waals surface area contributed by atoms with Gasteiger partial charge in [-0.05, 0) is 63.4 Å². The Balaban J connectivity index is 1.76. The first-order chi connectivity index (χ1) is 12.3. The molecule has 0 bridgehead atoms. The van der Waals surface area contributed by atoms with Gasteiger partial charge in [0.25, 0.3) is 0 Å². The molecule has 26 heavy (non-hydrogen) atoms. The summed E-state index contributed by atoms with van der Waals surface area (Å²) < 4.78 is 6.84. The van der Waals surface area contributed by atoms with E-state index in [1.54, 1.807) is 15.9 Å². The van der Waals surface area contributed by atoms with E-state index in [2.05, 4.69) is 36.1 Å². The summed E-state index contributed by atoms with van der Waals surface area (Å²) in [6.45, 7) is 0.594. The Hall–Kier alpha value is -1.27. The summed E-state index contributed by atoms with van der Waals surface area (Å²) in [4.78, 5) is 5.43. The van der Waals surface area contributed by atoms with Gasteiger partial charge in [-0.1, -0.05) is 6.07 Å². The van der Waals surface area contributed by atoms with Gasteiger partial charge in [-0.25, -0.2) is 4.52 Å².